The Kier molecular flexibility index (Phi) is 9.13. The molecule has 0 aliphatic carbocycles. The summed E-state index contributed by atoms with van der Waals surface area (Å²) in [6.45, 7) is 10.1. The molecule has 0 bridgehead atoms. The van der Waals surface area contributed by atoms with Gasteiger partial charge in [-0.05, 0) is 52.7 Å². The number of esters is 1. The molecule has 11 heteroatoms. The molecule has 1 saturated heterocycles. The molecule has 206 valence electrons. The molecule has 1 unspecified atom stereocenters. The molecular weight excluding hydrogens is 492 g/mol. The predicted molar refractivity (Wildman–Crippen MR) is 140 cm³/mol. The van der Waals surface area contributed by atoms with Crippen molar-refractivity contribution >= 4 is 34.8 Å². The van der Waals surface area contributed by atoms with Gasteiger partial charge in [-0.25, -0.2) is 9.78 Å². The van der Waals surface area contributed by atoms with Crippen LogP contribution in [0, 0.1) is 6.92 Å². The number of aromatic nitrogens is 1. The van der Waals surface area contributed by atoms with Crippen LogP contribution in [-0.4, -0.2) is 88.2 Å². The Labute approximate surface area is 222 Å². The first-order valence-corrected chi connectivity index (χ1v) is 12.7. The minimum absolute atomic E-state index is 0.0102. The zero-order valence-corrected chi connectivity index (χ0v) is 22.6. The number of ether oxygens (including phenoxy) is 2. The Bertz CT molecular complexity index is 1200. The minimum atomic E-state index is -1.04. The largest absolute Gasteiger partial charge is 0.507 e. The highest BCUT2D eigenvalue weighted by atomic mass is 16.6. The van der Waals surface area contributed by atoms with Crippen molar-refractivity contribution in [2.45, 2.75) is 59.1 Å². The topological polar surface area (TPSA) is 138 Å². The number of benzene rings is 1. The first-order chi connectivity index (χ1) is 17.9. The van der Waals surface area contributed by atoms with Crippen LogP contribution in [0.1, 0.15) is 56.6 Å². The second-order valence-electron chi connectivity index (χ2n) is 10.2. The molecule has 1 atom stereocenters. The quantitative estimate of drug-likeness (QED) is 0.523. The number of carbonyl (C=O) groups is 4. The Morgan fingerprint density at radius 2 is 1.76 bits per heavy atom. The fourth-order valence-electron chi connectivity index (χ4n) is 4.25. The SMILES string of the molecule is CCOC(=O)N1CCN(C(=O)C(CCC(=O)OC(C)(C)C)NC(=O)c2cc(O)c3c(C)cccc3n2)CC1. The fraction of sp³-hybridized carbons (Fsp3) is 0.519. The van der Waals surface area contributed by atoms with Gasteiger partial charge in [-0.15, -0.1) is 0 Å². The number of fused-ring (bicyclic) bond motifs is 1. The van der Waals surface area contributed by atoms with E-state index in [1.54, 1.807) is 44.7 Å². The van der Waals surface area contributed by atoms with Crippen LogP contribution >= 0.6 is 0 Å². The van der Waals surface area contributed by atoms with E-state index in [2.05, 4.69) is 10.3 Å². The zero-order chi connectivity index (χ0) is 28.0. The lowest BCUT2D eigenvalue weighted by atomic mass is 10.1. The minimum Gasteiger partial charge on any atom is -0.507 e. The van der Waals surface area contributed by atoms with Crippen LogP contribution < -0.4 is 5.32 Å². The maximum Gasteiger partial charge on any atom is 0.409 e. The van der Waals surface area contributed by atoms with Crippen LogP contribution in [0.25, 0.3) is 10.9 Å². The van der Waals surface area contributed by atoms with Crippen molar-refractivity contribution in [3.05, 3.63) is 35.5 Å². The van der Waals surface area contributed by atoms with Crippen LogP contribution in [0.3, 0.4) is 0 Å². The number of piperazine rings is 1. The average Bonchev–Trinajstić information content (AvgIpc) is 2.85. The van der Waals surface area contributed by atoms with Gasteiger partial charge in [0, 0.05) is 44.1 Å². The summed E-state index contributed by atoms with van der Waals surface area (Å²) < 4.78 is 10.4. The molecule has 1 aliphatic heterocycles. The van der Waals surface area contributed by atoms with Crippen molar-refractivity contribution in [3.63, 3.8) is 0 Å². The number of aromatic hydroxyl groups is 1. The van der Waals surface area contributed by atoms with Crippen molar-refractivity contribution in [2.75, 3.05) is 32.8 Å². The lowest BCUT2D eigenvalue weighted by molar-refractivity contribution is -0.155. The summed E-state index contributed by atoms with van der Waals surface area (Å²) in [6.07, 6.45) is -0.519. The molecule has 2 aromatic rings. The number of hydrogen-bond acceptors (Lipinski definition) is 8. The smallest absolute Gasteiger partial charge is 0.409 e. The second-order valence-corrected chi connectivity index (χ2v) is 10.2. The van der Waals surface area contributed by atoms with E-state index >= 15 is 0 Å². The molecule has 2 N–H and O–H groups in total. The van der Waals surface area contributed by atoms with Gasteiger partial charge in [0.05, 0.1) is 12.1 Å². The maximum atomic E-state index is 13.4. The van der Waals surface area contributed by atoms with Gasteiger partial charge in [0.15, 0.2) is 0 Å². The lowest BCUT2D eigenvalue weighted by Gasteiger charge is -2.36. The second kappa shape index (κ2) is 12.1. The van der Waals surface area contributed by atoms with Crippen LogP contribution in [0.4, 0.5) is 4.79 Å². The van der Waals surface area contributed by atoms with E-state index < -0.39 is 29.6 Å². The lowest BCUT2D eigenvalue weighted by Crippen LogP contribution is -2.56. The molecule has 1 fully saturated rings. The highest BCUT2D eigenvalue weighted by Crippen LogP contribution is 2.27. The van der Waals surface area contributed by atoms with Crippen molar-refractivity contribution in [3.8, 4) is 5.75 Å². The molecule has 0 spiro atoms. The molecule has 0 saturated carbocycles. The van der Waals surface area contributed by atoms with Crippen LogP contribution in [0.15, 0.2) is 24.3 Å². The van der Waals surface area contributed by atoms with E-state index in [4.69, 9.17) is 9.47 Å². The summed E-state index contributed by atoms with van der Waals surface area (Å²) in [5.41, 5.74) is 0.519. The van der Waals surface area contributed by atoms with Crippen molar-refractivity contribution < 1.29 is 33.8 Å². The summed E-state index contributed by atoms with van der Waals surface area (Å²) in [6, 6.07) is 5.51. The summed E-state index contributed by atoms with van der Waals surface area (Å²) in [5.74, 6) is -1.62. The van der Waals surface area contributed by atoms with Gasteiger partial charge < -0.3 is 29.7 Å². The van der Waals surface area contributed by atoms with Gasteiger partial charge in [-0.1, -0.05) is 12.1 Å². The zero-order valence-electron chi connectivity index (χ0n) is 22.6. The van der Waals surface area contributed by atoms with Gasteiger partial charge in [0.25, 0.3) is 5.91 Å². The average molecular weight is 529 g/mol. The van der Waals surface area contributed by atoms with E-state index in [-0.39, 0.29) is 63.0 Å². The highest BCUT2D eigenvalue weighted by Gasteiger charge is 2.32. The van der Waals surface area contributed by atoms with Crippen LogP contribution in [-0.2, 0) is 19.1 Å². The third kappa shape index (κ3) is 7.33. The maximum absolute atomic E-state index is 13.4. The third-order valence-electron chi connectivity index (χ3n) is 6.03. The van der Waals surface area contributed by atoms with Crippen molar-refractivity contribution in [1.82, 2.24) is 20.1 Å². The Balaban J connectivity index is 1.77. The van der Waals surface area contributed by atoms with Gasteiger partial charge >= 0.3 is 12.1 Å². The predicted octanol–water partition coefficient (Wildman–Crippen LogP) is 2.77. The normalized spacial score (nSPS) is 14.7. The number of aryl methyl sites for hydroxylation is 1. The third-order valence-corrected chi connectivity index (χ3v) is 6.03. The Morgan fingerprint density at radius 1 is 1.11 bits per heavy atom. The van der Waals surface area contributed by atoms with E-state index in [0.29, 0.717) is 10.9 Å². The van der Waals surface area contributed by atoms with E-state index in [9.17, 15) is 24.3 Å². The summed E-state index contributed by atoms with van der Waals surface area (Å²) in [7, 11) is 0. The number of pyridine rings is 1. The van der Waals surface area contributed by atoms with E-state index in [1.807, 2.05) is 13.0 Å². The van der Waals surface area contributed by atoms with Gasteiger partial charge in [-0.2, -0.15) is 0 Å². The number of amides is 3. The van der Waals surface area contributed by atoms with Crippen molar-refractivity contribution in [1.29, 1.82) is 0 Å². The number of nitrogens with zero attached hydrogens (tertiary/aromatic N) is 3. The molecule has 1 aromatic heterocycles. The van der Waals surface area contributed by atoms with Crippen molar-refractivity contribution in [2.24, 2.45) is 0 Å². The summed E-state index contributed by atoms with van der Waals surface area (Å²) in [5, 5.41) is 13.8. The number of hydrogen-bond donors (Lipinski definition) is 2. The molecule has 3 amide bonds. The number of nitrogens with one attached hydrogen (secondary N) is 1. The Hall–Kier alpha value is -3.89. The summed E-state index contributed by atoms with van der Waals surface area (Å²) in [4.78, 5) is 58.4. The number of rotatable bonds is 7. The molecule has 1 aliphatic rings. The van der Waals surface area contributed by atoms with E-state index in [0.717, 1.165) is 5.56 Å². The van der Waals surface area contributed by atoms with E-state index in [1.165, 1.54) is 11.0 Å². The van der Waals surface area contributed by atoms with Crippen LogP contribution in [0.5, 0.6) is 5.75 Å². The molecule has 1 aromatic carbocycles. The van der Waals surface area contributed by atoms with Gasteiger partial charge in [-0.3, -0.25) is 14.4 Å². The standard InChI is InChI=1S/C27H36N4O7/c1-6-37-26(36)31-14-12-30(13-15-31)25(35)19(10-11-22(33)38-27(3,4)5)29-24(34)20-16-21(32)23-17(2)8-7-9-18(23)28-20/h7-9,16,19H,6,10-15H2,1-5H3,(H,28,32)(H,29,34). The van der Waals surface area contributed by atoms with Gasteiger partial charge in [0.1, 0.15) is 23.1 Å². The van der Waals surface area contributed by atoms with Gasteiger partial charge in [0.2, 0.25) is 5.91 Å². The molecule has 11 nitrogen and oxygen atoms in total. The molecular formula is C27H36N4O7. The molecule has 38 heavy (non-hydrogen) atoms. The molecule has 0 radical (unpaired) electrons. The fourth-order valence-corrected chi connectivity index (χ4v) is 4.25. The monoisotopic (exact) mass is 528 g/mol. The molecule has 2 heterocycles. The highest BCUT2D eigenvalue weighted by molar-refractivity contribution is 6.00. The first-order valence-electron chi connectivity index (χ1n) is 12.7. The van der Waals surface area contributed by atoms with Crippen LogP contribution in [0.2, 0.25) is 0 Å². The molecule has 3 rings (SSSR count). The first kappa shape index (κ1) is 28.7. The Morgan fingerprint density at radius 3 is 2.39 bits per heavy atom. The number of carbonyl (C=O) groups excluding carboxylic acids is 4. The summed E-state index contributed by atoms with van der Waals surface area (Å²) >= 11 is 0.